The van der Waals surface area contributed by atoms with Crippen LogP contribution in [0, 0.1) is 0 Å². The first-order valence-corrected chi connectivity index (χ1v) is 6.77. The summed E-state index contributed by atoms with van der Waals surface area (Å²) in [5, 5.41) is 0.224. The second kappa shape index (κ2) is 6.30. The highest BCUT2D eigenvalue weighted by Gasteiger charge is 2.22. The number of nitrogens with zero attached hydrogens (tertiary/aromatic N) is 2. The van der Waals surface area contributed by atoms with Gasteiger partial charge in [0.05, 0.1) is 24.4 Å². The number of aromatic nitrogens is 2. The molecule has 1 aliphatic heterocycles. The molecule has 0 atom stereocenters. The van der Waals surface area contributed by atoms with Crippen LogP contribution in [0.25, 0.3) is 0 Å². The van der Waals surface area contributed by atoms with Crippen LogP contribution in [0.1, 0.15) is 48.9 Å². The van der Waals surface area contributed by atoms with Gasteiger partial charge in [0.15, 0.2) is 5.69 Å². The van der Waals surface area contributed by atoms with Gasteiger partial charge in [-0.05, 0) is 0 Å². The predicted octanol–water partition coefficient (Wildman–Crippen LogP) is 2.59. The average Bonchev–Trinajstić information content (AvgIpc) is 2.40. The smallest absolute Gasteiger partial charge is 0.358 e. The second-order valence-corrected chi connectivity index (χ2v) is 5.20. The molecular formula is C13H17ClN2O3. The van der Waals surface area contributed by atoms with Crippen molar-refractivity contribution in [1.29, 1.82) is 0 Å². The van der Waals surface area contributed by atoms with E-state index >= 15 is 0 Å². The summed E-state index contributed by atoms with van der Waals surface area (Å²) in [4.78, 5) is 20.4. The molecular weight excluding hydrogens is 268 g/mol. The lowest BCUT2D eigenvalue weighted by atomic mass is 10.1. The molecule has 0 amide bonds. The molecule has 1 aromatic rings. The van der Waals surface area contributed by atoms with Gasteiger partial charge in [0.1, 0.15) is 11.9 Å². The summed E-state index contributed by atoms with van der Waals surface area (Å²) in [5.74, 6) is 0.233. The Kier molecular flexibility index (Phi) is 4.71. The van der Waals surface area contributed by atoms with Gasteiger partial charge < -0.3 is 9.47 Å². The Morgan fingerprint density at radius 1 is 1.47 bits per heavy atom. The van der Waals surface area contributed by atoms with E-state index in [1.807, 2.05) is 13.8 Å². The van der Waals surface area contributed by atoms with Crippen LogP contribution >= 0.6 is 11.6 Å². The molecule has 0 unspecified atom stereocenters. The Labute approximate surface area is 117 Å². The van der Waals surface area contributed by atoms with Crippen LogP contribution in [-0.4, -0.2) is 35.3 Å². The number of hydrogen-bond acceptors (Lipinski definition) is 5. The van der Waals surface area contributed by atoms with Crippen LogP contribution in [0.2, 0.25) is 5.02 Å². The Morgan fingerprint density at radius 2 is 2.16 bits per heavy atom. The minimum atomic E-state index is -0.485. The summed E-state index contributed by atoms with van der Waals surface area (Å²) in [6.07, 6.45) is 2.76. The quantitative estimate of drug-likeness (QED) is 0.799. The van der Waals surface area contributed by atoms with Crippen LogP contribution in [0.15, 0.2) is 6.20 Å². The van der Waals surface area contributed by atoms with E-state index in [0.29, 0.717) is 31.9 Å². The summed E-state index contributed by atoms with van der Waals surface area (Å²) < 4.78 is 10.6. The first-order chi connectivity index (χ1) is 9.08. The Balaban J connectivity index is 2.11. The molecule has 19 heavy (non-hydrogen) atoms. The summed E-state index contributed by atoms with van der Waals surface area (Å²) in [5.41, 5.74) is 0.145. The molecule has 104 valence electrons. The molecule has 0 radical (unpaired) electrons. The topological polar surface area (TPSA) is 61.3 Å². The van der Waals surface area contributed by atoms with Gasteiger partial charge in [-0.2, -0.15) is 0 Å². The third kappa shape index (κ3) is 3.64. The van der Waals surface area contributed by atoms with Gasteiger partial charge in [0.2, 0.25) is 0 Å². The Bertz CT molecular complexity index is 459. The van der Waals surface area contributed by atoms with E-state index in [1.165, 1.54) is 6.20 Å². The highest BCUT2D eigenvalue weighted by Crippen LogP contribution is 2.19. The molecule has 1 saturated heterocycles. The number of hydrogen-bond donors (Lipinski definition) is 0. The fourth-order valence-corrected chi connectivity index (χ4v) is 1.97. The number of esters is 1. The normalized spacial score (nSPS) is 16.6. The van der Waals surface area contributed by atoms with E-state index in [4.69, 9.17) is 21.1 Å². The minimum absolute atomic E-state index is 0.116. The van der Waals surface area contributed by atoms with Gasteiger partial charge in [-0.1, -0.05) is 25.4 Å². The summed E-state index contributed by atoms with van der Waals surface area (Å²) in [6, 6.07) is 0. The summed E-state index contributed by atoms with van der Waals surface area (Å²) in [6.45, 7) is 5.15. The SMILES string of the molecule is CC(C)c1ncc(Cl)c(C(=O)OC2CCOCC2)n1. The van der Waals surface area contributed by atoms with Crippen molar-refractivity contribution >= 4 is 17.6 Å². The first-order valence-electron chi connectivity index (χ1n) is 6.39. The third-order valence-corrected chi connectivity index (χ3v) is 3.19. The Hall–Kier alpha value is -1.20. The van der Waals surface area contributed by atoms with Crippen molar-refractivity contribution in [3.63, 3.8) is 0 Å². The van der Waals surface area contributed by atoms with Gasteiger partial charge >= 0.3 is 5.97 Å². The molecule has 2 heterocycles. The molecule has 1 fully saturated rings. The highest BCUT2D eigenvalue weighted by molar-refractivity contribution is 6.33. The van der Waals surface area contributed by atoms with Crippen molar-refractivity contribution < 1.29 is 14.3 Å². The lowest BCUT2D eigenvalue weighted by Crippen LogP contribution is -2.26. The van der Waals surface area contributed by atoms with Crippen molar-refractivity contribution in [2.45, 2.75) is 38.7 Å². The predicted molar refractivity (Wildman–Crippen MR) is 70.4 cm³/mol. The van der Waals surface area contributed by atoms with E-state index in [-0.39, 0.29) is 22.7 Å². The van der Waals surface area contributed by atoms with Crippen molar-refractivity contribution in [3.8, 4) is 0 Å². The maximum Gasteiger partial charge on any atom is 0.358 e. The Morgan fingerprint density at radius 3 is 2.79 bits per heavy atom. The first kappa shape index (κ1) is 14.2. The number of carbonyl (C=O) groups excluding carboxylic acids is 1. The maximum atomic E-state index is 12.1. The number of carbonyl (C=O) groups is 1. The van der Waals surface area contributed by atoms with Crippen LogP contribution in [-0.2, 0) is 9.47 Å². The maximum absolute atomic E-state index is 12.1. The van der Waals surface area contributed by atoms with E-state index in [9.17, 15) is 4.79 Å². The van der Waals surface area contributed by atoms with Gasteiger partial charge in [-0.3, -0.25) is 0 Å². The van der Waals surface area contributed by atoms with E-state index < -0.39 is 5.97 Å². The molecule has 6 heteroatoms. The molecule has 2 rings (SSSR count). The molecule has 0 aliphatic carbocycles. The van der Waals surface area contributed by atoms with Crippen molar-refractivity contribution in [1.82, 2.24) is 9.97 Å². The fourth-order valence-electron chi connectivity index (χ4n) is 1.80. The molecule has 0 bridgehead atoms. The fraction of sp³-hybridized carbons (Fsp3) is 0.615. The number of ether oxygens (including phenoxy) is 2. The largest absolute Gasteiger partial charge is 0.457 e. The summed E-state index contributed by atoms with van der Waals surface area (Å²) in [7, 11) is 0. The third-order valence-electron chi connectivity index (χ3n) is 2.91. The van der Waals surface area contributed by atoms with Crippen LogP contribution in [0.5, 0.6) is 0 Å². The van der Waals surface area contributed by atoms with Crippen molar-refractivity contribution in [2.24, 2.45) is 0 Å². The van der Waals surface area contributed by atoms with Gasteiger partial charge in [-0.15, -0.1) is 0 Å². The second-order valence-electron chi connectivity index (χ2n) is 4.80. The molecule has 1 aromatic heterocycles. The van der Waals surface area contributed by atoms with Crippen molar-refractivity contribution in [2.75, 3.05) is 13.2 Å². The summed E-state index contributed by atoms with van der Waals surface area (Å²) >= 11 is 5.96. The lowest BCUT2D eigenvalue weighted by Gasteiger charge is -2.22. The minimum Gasteiger partial charge on any atom is -0.457 e. The standard InChI is InChI=1S/C13H17ClN2O3/c1-8(2)12-15-7-10(14)11(16-12)13(17)19-9-3-5-18-6-4-9/h7-9H,3-6H2,1-2H3. The zero-order valence-corrected chi connectivity index (χ0v) is 11.8. The van der Waals surface area contributed by atoms with E-state index in [2.05, 4.69) is 9.97 Å². The number of halogens is 1. The molecule has 0 N–H and O–H groups in total. The van der Waals surface area contributed by atoms with Gasteiger partial charge in [0.25, 0.3) is 0 Å². The monoisotopic (exact) mass is 284 g/mol. The zero-order valence-electron chi connectivity index (χ0n) is 11.1. The zero-order chi connectivity index (χ0) is 13.8. The lowest BCUT2D eigenvalue weighted by molar-refractivity contribution is -0.0163. The highest BCUT2D eigenvalue weighted by atomic mass is 35.5. The molecule has 0 spiro atoms. The van der Waals surface area contributed by atoms with E-state index in [0.717, 1.165) is 0 Å². The van der Waals surface area contributed by atoms with Gasteiger partial charge in [-0.25, -0.2) is 14.8 Å². The van der Waals surface area contributed by atoms with Crippen molar-refractivity contribution in [3.05, 3.63) is 22.7 Å². The number of rotatable bonds is 3. The molecule has 5 nitrogen and oxygen atoms in total. The molecule has 0 aromatic carbocycles. The van der Waals surface area contributed by atoms with Crippen LogP contribution < -0.4 is 0 Å². The van der Waals surface area contributed by atoms with Crippen LogP contribution in [0.4, 0.5) is 0 Å². The molecule has 1 aliphatic rings. The van der Waals surface area contributed by atoms with E-state index in [1.54, 1.807) is 0 Å². The molecule has 0 saturated carbocycles. The average molecular weight is 285 g/mol. The van der Waals surface area contributed by atoms with Gasteiger partial charge in [0, 0.05) is 18.8 Å². The van der Waals surface area contributed by atoms with Crippen LogP contribution in [0.3, 0.4) is 0 Å².